The summed E-state index contributed by atoms with van der Waals surface area (Å²) in [6.07, 6.45) is -0.148. The van der Waals surface area contributed by atoms with Crippen molar-refractivity contribution >= 4 is 15.5 Å². The van der Waals surface area contributed by atoms with E-state index in [-0.39, 0.29) is 18.7 Å². The van der Waals surface area contributed by atoms with Gasteiger partial charge in [-0.05, 0) is 28.2 Å². The fraction of sp³-hybridized carbons (Fsp3) is 1.00. The Kier molecular flexibility index (Phi) is 5.63. The van der Waals surface area contributed by atoms with Crippen LogP contribution < -0.4 is 5.09 Å². The van der Waals surface area contributed by atoms with Gasteiger partial charge in [0, 0.05) is 19.1 Å². The van der Waals surface area contributed by atoms with E-state index in [9.17, 15) is 4.57 Å². The van der Waals surface area contributed by atoms with Crippen LogP contribution in [0.1, 0.15) is 0 Å². The second-order valence-electron chi connectivity index (χ2n) is 4.40. The second kappa shape index (κ2) is 6.32. The summed E-state index contributed by atoms with van der Waals surface area (Å²) in [6.45, 7) is 1.69. The first-order chi connectivity index (χ1) is 7.87. The van der Waals surface area contributed by atoms with Gasteiger partial charge in [0.15, 0.2) is 0 Å². The zero-order chi connectivity index (χ0) is 13.1. The highest BCUT2D eigenvalue weighted by molar-refractivity contribution is 7.54. The summed E-state index contributed by atoms with van der Waals surface area (Å²) >= 11 is 0. The zero-order valence-corrected chi connectivity index (χ0v) is 11.8. The van der Waals surface area contributed by atoms with Gasteiger partial charge in [0.05, 0.1) is 12.7 Å². The Hall–Kier alpha value is 0.0949. The quantitative estimate of drug-likeness (QED) is 0.542. The van der Waals surface area contributed by atoms with Crippen LogP contribution in [0.25, 0.3) is 0 Å². The van der Waals surface area contributed by atoms with Gasteiger partial charge >= 0.3 is 7.67 Å². The average Bonchev–Trinajstić information content (AvgIpc) is 2.24. The van der Waals surface area contributed by atoms with Gasteiger partial charge in [-0.1, -0.05) is 0 Å². The van der Waals surface area contributed by atoms with Gasteiger partial charge in [0.2, 0.25) is 0 Å². The molecule has 1 saturated heterocycles. The van der Waals surface area contributed by atoms with Gasteiger partial charge in [-0.2, -0.15) is 0 Å². The zero-order valence-electron chi connectivity index (χ0n) is 10.9. The van der Waals surface area contributed by atoms with Crippen LogP contribution in [-0.2, 0) is 13.8 Å². The topological polar surface area (TPSA) is 54.0 Å². The summed E-state index contributed by atoms with van der Waals surface area (Å²) in [6, 6.07) is -0.310. The summed E-state index contributed by atoms with van der Waals surface area (Å²) < 4.78 is 24.7. The van der Waals surface area contributed by atoms with Crippen molar-refractivity contribution in [2.75, 3.05) is 47.9 Å². The molecule has 2 radical (unpaired) electrons. The molecule has 0 spiro atoms. The molecular formula is C9H21BN3O3P. The molecule has 6 nitrogen and oxygen atoms in total. The number of likely N-dealkylation sites (N-methyl/N-ethyl adjacent to an activating group) is 1. The van der Waals surface area contributed by atoms with Crippen molar-refractivity contribution in [2.24, 2.45) is 0 Å². The number of rotatable bonds is 5. The van der Waals surface area contributed by atoms with Crippen molar-refractivity contribution in [3.63, 3.8) is 0 Å². The third-order valence-corrected chi connectivity index (χ3v) is 4.74. The van der Waals surface area contributed by atoms with Gasteiger partial charge in [0.1, 0.15) is 7.85 Å². The molecule has 0 amide bonds. The minimum atomic E-state index is -2.93. The lowest BCUT2D eigenvalue weighted by Crippen LogP contribution is -2.47. The first kappa shape index (κ1) is 15.2. The summed E-state index contributed by atoms with van der Waals surface area (Å²) in [7, 11) is 9.79. The highest BCUT2D eigenvalue weighted by Crippen LogP contribution is 2.43. The molecule has 1 fully saturated rings. The maximum absolute atomic E-state index is 12.2. The summed E-state index contributed by atoms with van der Waals surface area (Å²) in [5, 5.41) is 2.70. The number of nitrogens with zero attached hydrogens (tertiary/aromatic N) is 2. The molecule has 98 valence electrons. The Morgan fingerprint density at radius 3 is 2.71 bits per heavy atom. The largest absolute Gasteiger partial charge is 0.380 e. The van der Waals surface area contributed by atoms with Crippen LogP contribution >= 0.6 is 7.67 Å². The molecule has 0 aromatic carbocycles. The van der Waals surface area contributed by atoms with Crippen LogP contribution in [0.5, 0.6) is 0 Å². The molecule has 17 heavy (non-hydrogen) atoms. The third kappa shape index (κ3) is 4.36. The first-order valence-corrected chi connectivity index (χ1v) is 7.16. The molecule has 8 heteroatoms. The van der Waals surface area contributed by atoms with Crippen molar-refractivity contribution in [3.8, 4) is 0 Å². The van der Waals surface area contributed by atoms with Crippen molar-refractivity contribution in [3.05, 3.63) is 0 Å². The molecular weight excluding hydrogens is 240 g/mol. The number of nitrogens with one attached hydrogen (secondary N) is 1. The van der Waals surface area contributed by atoms with Gasteiger partial charge in [-0.25, -0.2) is 9.76 Å². The highest BCUT2D eigenvalue weighted by atomic mass is 31.2. The van der Waals surface area contributed by atoms with Gasteiger partial charge in [0.25, 0.3) is 0 Å². The molecule has 1 heterocycles. The van der Waals surface area contributed by atoms with E-state index in [4.69, 9.17) is 17.1 Å². The van der Waals surface area contributed by atoms with E-state index in [0.717, 1.165) is 6.54 Å². The van der Waals surface area contributed by atoms with Gasteiger partial charge in [-0.15, -0.1) is 0 Å². The number of hydrogen-bond donors (Lipinski definition) is 1. The van der Waals surface area contributed by atoms with Crippen molar-refractivity contribution in [2.45, 2.75) is 12.1 Å². The lowest BCUT2D eigenvalue weighted by molar-refractivity contribution is -0.0604. The molecule has 0 aromatic heterocycles. The molecule has 1 aliphatic rings. The second-order valence-corrected chi connectivity index (χ2v) is 6.95. The van der Waals surface area contributed by atoms with E-state index in [0.29, 0.717) is 6.54 Å². The molecule has 1 rings (SSSR count). The van der Waals surface area contributed by atoms with E-state index >= 15 is 0 Å². The average molecular weight is 261 g/mol. The lowest BCUT2D eigenvalue weighted by Gasteiger charge is -2.35. The SMILES string of the molecule is [B]C1CN(C)CC(COP(=O)(NC)N(C)C)O1. The molecule has 0 aromatic rings. The number of morpholine rings is 1. The fourth-order valence-corrected chi connectivity index (χ4v) is 2.85. The molecule has 3 unspecified atom stereocenters. The standard InChI is InChI=1S/C9H21BN3O3P/c1-11-17(14,12(2)3)15-7-8-5-13(4)6-9(10)16-8/h8-9H,5-7H2,1-4H3,(H,11,14). The van der Waals surface area contributed by atoms with Gasteiger partial charge < -0.3 is 14.2 Å². The molecule has 1 N–H and O–H groups in total. The molecule has 1 aliphatic heterocycles. The van der Waals surface area contributed by atoms with E-state index in [1.807, 2.05) is 7.05 Å². The third-order valence-electron chi connectivity index (χ3n) is 2.62. The van der Waals surface area contributed by atoms with Crippen LogP contribution in [0.2, 0.25) is 0 Å². The summed E-state index contributed by atoms with van der Waals surface area (Å²) in [4.78, 5) is 2.07. The monoisotopic (exact) mass is 261 g/mol. The van der Waals surface area contributed by atoms with Crippen LogP contribution in [0.15, 0.2) is 0 Å². The maximum Gasteiger partial charge on any atom is 0.342 e. The smallest absolute Gasteiger partial charge is 0.342 e. The fourth-order valence-electron chi connectivity index (χ4n) is 1.72. The molecule has 0 aliphatic carbocycles. The van der Waals surface area contributed by atoms with Crippen molar-refractivity contribution in [1.82, 2.24) is 14.7 Å². The first-order valence-electron chi connectivity index (χ1n) is 5.58. The predicted octanol–water partition coefficient (Wildman–Crippen LogP) is -0.283. The van der Waals surface area contributed by atoms with Crippen molar-refractivity contribution < 1.29 is 13.8 Å². The Morgan fingerprint density at radius 2 is 2.24 bits per heavy atom. The lowest BCUT2D eigenvalue weighted by atomic mass is 9.98. The van der Waals surface area contributed by atoms with E-state index in [2.05, 4.69) is 9.99 Å². The van der Waals surface area contributed by atoms with Crippen LogP contribution in [0.4, 0.5) is 0 Å². The molecule has 0 saturated carbocycles. The predicted molar refractivity (Wildman–Crippen MR) is 68.2 cm³/mol. The summed E-state index contributed by atoms with van der Waals surface area (Å²) in [5.74, 6) is 0. The Balaban J connectivity index is 2.47. The van der Waals surface area contributed by atoms with E-state index in [1.54, 1.807) is 25.8 Å². The minimum Gasteiger partial charge on any atom is -0.380 e. The van der Waals surface area contributed by atoms with Crippen molar-refractivity contribution in [1.29, 1.82) is 0 Å². The molecule has 3 atom stereocenters. The Morgan fingerprint density at radius 1 is 1.59 bits per heavy atom. The normalized spacial score (nSPS) is 30.4. The Bertz CT molecular complexity index is 283. The number of ether oxygens (including phenoxy) is 1. The van der Waals surface area contributed by atoms with Crippen LogP contribution in [0.3, 0.4) is 0 Å². The van der Waals surface area contributed by atoms with E-state index in [1.165, 1.54) is 0 Å². The van der Waals surface area contributed by atoms with E-state index < -0.39 is 7.67 Å². The summed E-state index contributed by atoms with van der Waals surface area (Å²) in [5.41, 5.74) is 0. The van der Waals surface area contributed by atoms with Gasteiger partial charge in [-0.3, -0.25) is 4.57 Å². The maximum atomic E-state index is 12.2. The van der Waals surface area contributed by atoms with Crippen LogP contribution in [0, 0.1) is 0 Å². The minimum absolute atomic E-state index is 0.148. The molecule has 0 bridgehead atoms. The number of hydrogen-bond acceptors (Lipinski definition) is 4. The Labute approximate surface area is 105 Å². The highest BCUT2D eigenvalue weighted by Gasteiger charge is 2.28. The van der Waals surface area contributed by atoms with Crippen LogP contribution in [-0.4, -0.2) is 77.4 Å².